The van der Waals surface area contributed by atoms with Gasteiger partial charge < -0.3 is 4.74 Å². The molecule has 7 heteroatoms. The van der Waals surface area contributed by atoms with Crippen LogP contribution in [-0.2, 0) is 13.0 Å². The Morgan fingerprint density at radius 3 is 2.68 bits per heavy atom. The van der Waals surface area contributed by atoms with E-state index in [2.05, 4.69) is 48.2 Å². The zero-order valence-electron chi connectivity index (χ0n) is 20.2. The van der Waals surface area contributed by atoms with E-state index in [4.69, 9.17) is 14.8 Å². The summed E-state index contributed by atoms with van der Waals surface area (Å²) in [5, 5.41) is 9.37. The number of hydrogen-bond donors (Lipinski definition) is 0. The number of benzene rings is 1. The Labute approximate surface area is 201 Å². The van der Waals surface area contributed by atoms with Gasteiger partial charge >= 0.3 is 0 Å². The maximum Gasteiger partial charge on any atom is 0.156 e. The van der Waals surface area contributed by atoms with Gasteiger partial charge in [-0.1, -0.05) is 38.5 Å². The molecular formula is C27H34N6O. The summed E-state index contributed by atoms with van der Waals surface area (Å²) in [5.74, 6) is 2.33. The molecule has 0 spiro atoms. The van der Waals surface area contributed by atoms with Crippen LogP contribution >= 0.6 is 0 Å². The van der Waals surface area contributed by atoms with Crippen LogP contribution in [0.2, 0.25) is 0 Å². The van der Waals surface area contributed by atoms with E-state index in [0.29, 0.717) is 12.3 Å². The first-order valence-corrected chi connectivity index (χ1v) is 12.5. The van der Waals surface area contributed by atoms with Crippen LogP contribution < -0.4 is 4.74 Å². The van der Waals surface area contributed by atoms with Crippen molar-refractivity contribution in [3.05, 3.63) is 66.2 Å². The van der Waals surface area contributed by atoms with Gasteiger partial charge in [-0.3, -0.25) is 9.58 Å². The minimum Gasteiger partial charge on any atom is -0.492 e. The van der Waals surface area contributed by atoms with Crippen molar-refractivity contribution in [3.8, 4) is 17.0 Å². The lowest BCUT2D eigenvalue weighted by molar-refractivity contribution is 0.238. The van der Waals surface area contributed by atoms with Crippen LogP contribution in [0, 0.1) is 5.92 Å². The Morgan fingerprint density at radius 1 is 1.06 bits per heavy atom. The van der Waals surface area contributed by atoms with Crippen molar-refractivity contribution in [1.29, 1.82) is 0 Å². The summed E-state index contributed by atoms with van der Waals surface area (Å²) >= 11 is 0. The predicted octanol–water partition coefficient (Wildman–Crippen LogP) is 4.70. The average molecular weight is 459 g/mol. The van der Waals surface area contributed by atoms with Gasteiger partial charge in [0.1, 0.15) is 12.4 Å². The molecule has 178 valence electrons. The van der Waals surface area contributed by atoms with Gasteiger partial charge in [0.15, 0.2) is 11.5 Å². The molecule has 0 N–H and O–H groups in total. The van der Waals surface area contributed by atoms with Gasteiger partial charge in [0, 0.05) is 31.3 Å². The van der Waals surface area contributed by atoms with E-state index >= 15 is 0 Å². The van der Waals surface area contributed by atoms with E-state index in [-0.39, 0.29) is 0 Å². The Kier molecular flexibility index (Phi) is 6.90. The zero-order chi connectivity index (χ0) is 23.3. The molecule has 1 saturated heterocycles. The molecule has 1 aliphatic heterocycles. The number of rotatable bonds is 10. The quantitative estimate of drug-likeness (QED) is 0.345. The third kappa shape index (κ3) is 5.30. The second-order valence-electron chi connectivity index (χ2n) is 9.39. The van der Waals surface area contributed by atoms with Crippen molar-refractivity contribution in [2.45, 2.75) is 46.1 Å². The van der Waals surface area contributed by atoms with E-state index < -0.39 is 0 Å². The molecule has 1 aromatic carbocycles. The molecule has 3 aromatic heterocycles. The smallest absolute Gasteiger partial charge is 0.156 e. The third-order valence-electron chi connectivity index (χ3n) is 6.69. The molecule has 4 heterocycles. The first-order chi connectivity index (χ1) is 16.7. The molecule has 0 unspecified atom stereocenters. The van der Waals surface area contributed by atoms with Crippen LogP contribution in [0.5, 0.6) is 5.75 Å². The molecule has 0 radical (unpaired) electrons. The van der Waals surface area contributed by atoms with E-state index in [9.17, 15) is 0 Å². The Bertz CT molecular complexity index is 1210. The van der Waals surface area contributed by atoms with Gasteiger partial charge in [0.05, 0.1) is 11.9 Å². The Morgan fingerprint density at radius 2 is 1.88 bits per heavy atom. The largest absolute Gasteiger partial charge is 0.492 e. The van der Waals surface area contributed by atoms with E-state index in [0.717, 1.165) is 54.6 Å². The van der Waals surface area contributed by atoms with Crippen molar-refractivity contribution in [2.24, 2.45) is 5.92 Å². The topological polar surface area (TPSA) is 60.5 Å². The highest BCUT2D eigenvalue weighted by atomic mass is 16.5. The number of fused-ring (bicyclic) bond motifs is 1. The van der Waals surface area contributed by atoms with Gasteiger partial charge in [-0.05, 0) is 61.7 Å². The van der Waals surface area contributed by atoms with Crippen LogP contribution in [0.4, 0.5) is 0 Å². The van der Waals surface area contributed by atoms with E-state index in [1.165, 1.54) is 31.5 Å². The summed E-state index contributed by atoms with van der Waals surface area (Å²) in [6, 6.07) is 14.4. The molecule has 0 aliphatic carbocycles. The van der Waals surface area contributed by atoms with Crippen molar-refractivity contribution in [1.82, 2.24) is 29.3 Å². The van der Waals surface area contributed by atoms with Gasteiger partial charge in [-0.2, -0.15) is 10.2 Å². The molecule has 4 aromatic rings. The standard InChI is InChI=1S/C27H34N6O/c1-3-21(2)19-32-20-23(18-28-32)25-7-6-8-27-29-26(30-33(25)27)17-22-9-11-24(12-10-22)34-16-15-31-13-4-5-14-31/h6-12,18,20-21H,3-5,13-17,19H2,1-2H3/t21-/m0/s1. The number of aromatic nitrogens is 5. The van der Waals surface area contributed by atoms with Crippen molar-refractivity contribution < 1.29 is 4.74 Å². The monoisotopic (exact) mass is 458 g/mol. The van der Waals surface area contributed by atoms with Crippen LogP contribution in [0.3, 0.4) is 0 Å². The van der Waals surface area contributed by atoms with Crippen LogP contribution in [-0.4, -0.2) is 55.5 Å². The number of ether oxygens (including phenoxy) is 1. The highest BCUT2D eigenvalue weighted by molar-refractivity contribution is 5.61. The predicted molar refractivity (Wildman–Crippen MR) is 134 cm³/mol. The Hall–Kier alpha value is -3.19. The number of pyridine rings is 1. The number of likely N-dealkylation sites (tertiary alicyclic amines) is 1. The zero-order valence-corrected chi connectivity index (χ0v) is 20.2. The lowest BCUT2D eigenvalue weighted by Gasteiger charge is -2.14. The summed E-state index contributed by atoms with van der Waals surface area (Å²) in [4.78, 5) is 7.23. The van der Waals surface area contributed by atoms with Crippen molar-refractivity contribution >= 4 is 5.65 Å². The lowest BCUT2D eigenvalue weighted by Crippen LogP contribution is -2.25. The summed E-state index contributed by atoms with van der Waals surface area (Å²) in [7, 11) is 0. The summed E-state index contributed by atoms with van der Waals surface area (Å²) < 4.78 is 9.88. The van der Waals surface area contributed by atoms with Crippen molar-refractivity contribution in [2.75, 3.05) is 26.2 Å². The minimum atomic E-state index is 0.600. The summed E-state index contributed by atoms with van der Waals surface area (Å²) in [6.07, 6.45) is 8.47. The fourth-order valence-corrected chi connectivity index (χ4v) is 4.47. The number of nitrogens with zero attached hydrogens (tertiary/aromatic N) is 6. The van der Waals surface area contributed by atoms with Crippen molar-refractivity contribution in [3.63, 3.8) is 0 Å². The maximum atomic E-state index is 5.93. The summed E-state index contributed by atoms with van der Waals surface area (Å²) in [5.41, 5.74) is 4.09. The fraction of sp³-hybridized carbons (Fsp3) is 0.444. The molecule has 0 saturated carbocycles. The average Bonchev–Trinajstić information content (AvgIpc) is 3.61. The Balaban J connectivity index is 1.25. The van der Waals surface area contributed by atoms with Gasteiger partial charge in [0.2, 0.25) is 0 Å². The molecule has 0 amide bonds. The molecule has 1 fully saturated rings. The van der Waals surface area contributed by atoms with Crippen LogP contribution in [0.15, 0.2) is 54.9 Å². The van der Waals surface area contributed by atoms with E-state index in [1.54, 1.807) is 0 Å². The van der Waals surface area contributed by atoms with Gasteiger partial charge in [-0.15, -0.1) is 0 Å². The second kappa shape index (κ2) is 10.4. The lowest BCUT2D eigenvalue weighted by atomic mass is 10.1. The number of hydrogen-bond acceptors (Lipinski definition) is 5. The van der Waals surface area contributed by atoms with Gasteiger partial charge in [-0.25, -0.2) is 9.50 Å². The SMILES string of the molecule is CC[C@H](C)Cn1cc(-c2cccc3nc(Cc4ccc(OCCN5CCCC5)cc4)nn23)cn1. The molecular weight excluding hydrogens is 424 g/mol. The van der Waals surface area contributed by atoms with E-state index in [1.807, 2.05) is 39.7 Å². The van der Waals surface area contributed by atoms with Gasteiger partial charge in [0.25, 0.3) is 0 Å². The maximum absolute atomic E-state index is 5.93. The third-order valence-corrected chi connectivity index (χ3v) is 6.69. The first-order valence-electron chi connectivity index (χ1n) is 12.5. The van der Waals surface area contributed by atoms with Crippen LogP contribution in [0.25, 0.3) is 16.9 Å². The molecule has 1 atom stereocenters. The molecule has 5 rings (SSSR count). The first kappa shape index (κ1) is 22.6. The second-order valence-corrected chi connectivity index (χ2v) is 9.39. The molecule has 0 bridgehead atoms. The minimum absolute atomic E-state index is 0.600. The molecule has 1 aliphatic rings. The summed E-state index contributed by atoms with van der Waals surface area (Å²) in [6.45, 7) is 9.54. The van der Waals surface area contributed by atoms with Crippen LogP contribution in [0.1, 0.15) is 44.5 Å². The molecule has 34 heavy (non-hydrogen) atoms. The highest BCUT2D eigenvalue weighted by Crippen LogP contribution is 2.21. The normalized spacial score (nSPS) is 15.2. The molecule has 7 nitrogen and oxygen atoms in total. The highest BCUT2D eigenvalue weighted by Gasteiger charge is 2.13. The fourth-order valence-electron chi connectivity index (χ4n) is 4.47.